The number of nitrogens with one attached hydrogen (secondary N) is 2. The topological polar surface area (TPSA) is 71.1 Å². The highest BCUT2D eigenvalue weighted by molar-refractivity contribution is 6.13. The normalized spacial score (nSPS) is 10.2. The van der Waals surface area contributed by atoms with Gasteiger partial charge in [0, 0.05) is 29.2 Å². The van der Waals surface area contributed by atoms with Crippen LogP contribution in [0.2, 0.25) is 0 Å². The Balaban J connectivity index is 0.00000256. The highest BCUT2D eigenvalue weighted by atomic mass is 16.2. The van der Waals surface area contributed by atoms with Crippen LogP contribution in [-0.4, -0.2) is 23.8 Å². The molecule has 5 nitrogen and oxygen atoms in total. The lowest BCUT2D eigenvalue weighted by molar-refractivity contribution is 0.0962. The van der Waals surface area contributed by atoms with Crippen LogP contribution in [0.5, 0.6) is 0 Å². The summed E-state index contributed by atoms with van der Waals surface area (Å²) < 4.78 is 0. The Kier molecular flexibility index (Phi) is 6.23. The summed E-state index contributed by atoms with van der Waals surface area (Å²) >= 11 is 0. The van der Waals surface area contributed by atoms with Gasteiger partial charge in [0.2, 0.25) is 0 Å². The predicted octanol–water partition coefficient (Wildman–Crippen LogP) is 5.15. The summed E-state index contributed by atoms with van der Waals surface area (Å²) in [7, 11) is 1.58. The van der Waals surface area contributed by atoms with Crippen LogP contribution in [-0.2, 0) is 0 Å². The maximum atomic E-state index is 13.1. The summed E-state index contributed by atoms with van der Waals surface area (Å²) in [6.45, 7) is 0. The number of carbonyl (C=O) groups excluding carboxylic acids is 2. The molecule has 4 rings (SSSR count). The van der Waals surface area contributed by atoms with Crippen molar-refractivity contribution >= 4 is 28.4 Å². The fraction of sp³-hybridized carbons (Fsp3) is 0.0800. The summed E-state index contributed by atoms with van der Waals surface area (Å²) in [5, 5.41) is 6.27. The van der Waals surface area contributed by atoms with E-state index in [-0.39, 0.29) is 19.2 Å². The second kappa shape index (κ2) is 9.01. The molecule has 0 spiro atoms. The van der Waals surface area contributed by atoms with Crippen molar-refractivity contribution in [2.24, 2.45) is 0 Å². The molecule has 0 radical (unpaired) electrons. The van der Waals surface area contributed by atoms with Gasteiger partial charge in [-0.15, -0.1) is 0 Å². The highest BCUT2D eigenvalue weighted by Gasteiger charge is 2.14. The molecule has 5 heteroatoms. The Morgan fingerprint density at radius 2 is 1.47 bits per heavy atom. The molecule has 0 saturated heterocycles. The van der Waals surface area contributed by atoms with Gasteiger partial charge < -0.3 is 10.6 Å². The molecule has 2 N–H and O–H groups in total. The van der Waals surface area contributed by atoms with E-state index >= 15 is 0 Å². The first kappa shape index (κ1) is 20.7. The van der Waals surface area contributed by atoms with Gasteiger partial charge in [-0.1, -0.05) is 56.0 Å². The number of hydrogen-bond acceptors (Lipinski definition) is 3. The molecule has 0 bridgehead atoms. The van der Waals surface area contributed by atoms with Crippen LogP contribution in [0.15, 0.2) is 84.9 Å². The fourth-order valence-corrected chi connectivity index (χ4v) is 3.17. The Morgan fingerprint density at radius 1 is 0.800 bits per heavy atom. The number of amides is 2. The Morgan fingerprint density at radius 3 is 2.17 bits per heavy atom. The van der Waals surface area contributed by atoms with Crippen molar-refractivity contribution in [1.29, 1.82) is 0 Å². The third kappa shape index (κ3) is 4.20. The first-order chi connectivity index (χ1) is 14.2. The number of hydrogen-bond donors (Lipinski definition) is 2. The number of fused-ring (bicyclic) bond motifs is 1. The Hall–Kier alpha value is -3.99. The number of rotatable bonds is 4. The van der Waals surface area contributed by atoms with Crippen molar-refractivity contribution in [3.05, 3.63) is 96.1 Å². The zero-order chi connectivity index (χ0) is 20.2. The van der Waals surface area contributed by atoms with E-state index < -0.39 is 0 Å². The molecule has 0 aliphatic heterocycles. The van der Waals surface area contributed by atoms with E-state index in [1.165, 1.54) is 0 Å². The van der Waals surface area contributed by atoms with E-state index in [1.54, 1.807) is 31.3 Å². The zero-order valence-corrected chi connectivity index (χ0v) is 15.8. The lowest BCUT2D eigenvalue weighted by atomic mass is 10.0. The number of aromatic nitrogens is 1. The van der Waals surface area contributed by atoms with E-state index in [0.29, 0.717) is 16.8 Å². The average Bonchev–Trinajstić information content (AvgIpc) is 2.78. The van der Waals surface area contributed by atoms with E-state index in [9.17, 15) is 9.59 Å². The summed E-state index contributed by atoms with van der Waals surface area (Å²) in [4.78, 5) is 29.5. The summed E-state index contributed by atoms with van der Waals surface area (Å²) in [6.07, 6.45) is 0. The number of pyridine rings is 1. The Labute approximate surface area is 175 Å². The molecule has 150 valence electrons. The van der Waals surface area contributed by atoms with Crippen molar-refractivity contribution in [3.8, 4) is 11.3 Å². The van der Waals surface area contributed by atoms with E-state index in [2.05, 4.69) is 10.6 Å². The predicted molar refractivity (Wildman–Crippen MR) is 122 cm³/mol. The number of benzene rings is 3. The smallest absolute Gasteiger partial charge is 0.256 e. The van der Waals surface area contributed by atoms with Crippen LogP contribution in [0.3, 0.4) is 0 Å². The first-order valence-electron chi connectivity index (χ1n) is 9.24. The Bertz CT molecular complexity index is 1190. The number of para-hydroxylation sites is 1. The van der Waals surface area contributed by atoms with Gasteiger partial charge >= 0.3 is 0 Å². The summed E-state index contributed by atoms with van der Waals surface area (Å²) in [5.74, 6) is -0.399. The minimum absolute atomic E-state index is 0. The van der Waals surface area contributed by atoms with Gasteiger partial charge in [0.15, 0.2) is 0 Å². The fourth-order valence-electron chi connectivity index (χ4n) is 3.17. The number of anilines is 1. The van der Waals surface area contributed by atoms with Crippen molar-refractivity contribution in [3.63, 3.8) is 0 Å². The molecule has 30 heavy (non-hydrogen) atoms. The van der Waals surface area contributed by atoms with Gasteiger partial charge in [0.1, 0.15) is 0 Å². The molecule has 1 heterocycles. The van der Waals surface area contributed by atoms with Crippen molar-refractivity contribution in [1.82, 2.24) is 10.3 Å². The van der Waals surface area contributed by atoms with Crippen molar-refractivity contribution in [2.75, 3.05) is 12.4 Å². The molecule has 2 amide bonds. The van der Waals surface area contributed by atoms with Crippen LogP contribution < -0.4 is 10.6 Å². The second-order valence-electron chi connectivity index (χ2n) is 6.55. The monoisotopic (exact) mass is 397 g/mol. The number of carbonyl (C=O) groups is 2. The molecule has 0 saturated carbocycles. The molecule has 4 aromatic rings. The SMILES string of the molecule is C.CNC(=O)c1ccc(NC(=O)c2cc(-c3ccccc3)nc3ccccc23)cc1. The van der Waals surface area contributed by atoms with Crippen molar-refractivity contribution < 1.29 is 9.59 Å². The molecule has 0 atom stereocenters. The van der Waals surface area contributed by atoms with Gasteiger partial charge in [-0.05, 0) is 36.4 Å². The van der Waals surface area contributed by atoms with E-state index in [1.807, 2.05) is 60.7 Å². The lowest BCUT2D eigenvalue weighted by Gasteiger charge is -2.11. The van der Waals surface area contributed by atoms with Gasteiger partial charge in [0.05, 0.1) is 16.8 Å². The summed E-state index contributed by atoms with van der Waals surface area (Å²) in [5.41, 5.74) is 4.14. The molecular formula is C25H23N3O2. The van der Waals surface area contributed by atoms with Crippen LogP contribution in [0.4, 0.5) is 5.69 Å². The molecule has 0 aliphatic carbocycles. The average molecular weight is 397 g/mol. The summed E-state index contributed by atoms with van der Waals surface area (Å²) in [6, 6.07) is 25.9. The van der Waals surface area contributed by atoms with E-state index in [4.69, 9.17) is 4.98 Å². The minimum Gasteiger partial charge on any atom is -0.355 e. The van der Waals surface area contributed by atoms with Crippen molar-refractivity contribution in [2.45, 2.75) is 7.43 Å². The molecule has 3 aromatic carbocycles. The molecular weight excluding hydrogens is 374 g/mol. The highest BCUT2D eigenvalue weighted by Crippen LogP contribution is 2.25. The molecule has 0 aliphatic rings. The zero-order valence-electron chi connectivity index (χ0n) is 15.8. The largest absolute Gasteiger partial charge is 0.355 e. The van der Waals surface area contributed by atoms with Crippen LogP contribution in [0, 0.1) is 0 Å². The maximum Gasteiger partial charge on any atom is 0.256 e. The quantitative estimate of drug-likeness (QED) is 0.500. The van der Waals surface area contributed by atoms with Gasteiger partial charge in [0.25, 0.3) is 11.8 Å². The lowest BCUT2D eigenvalue weighted by Crippen LogP contribution is -2.18. The maximum absolute atomic E-state index is 13.1. The van der Waals surface area contributed by atoms with Crippen LogP contribution in [0.25, 0.3) is 22.2 Å². The van der Waals surface area contributed by atoms with Crippen LogP contribution >= 0.6 is 0 Å². The first-order valence-corrected chi connectivity index (χ1v) is 9.24. The molecule has 0 fully saturated rings. The molecule has 1 aromatic heterocycles. The third-order valence-corrected chi connectivity index (χ3v) is 4.66. The number of nitrogens with zero attached hydrogens (tertiary/aromatic N) is 1. The minimum atomic E-state index is -0.228. The third-order valence-electron chi connectivity index (χ3n) is 4.66. The van der Waals surface area contributed by atoms with Gasteiger partial charge in [-0.25, -0.2) is 4.98 Å². The van der Waals surface area contributed by atoms with Crippen LogP contribution in [0.1, 0.15) is 28.1 Å². The van der Waals surface area contributed by atoms with Gasteiger partial charge in [-0.3, -0.25) is 9.59 Å². The second-order valence-corrected chi connectivity index (χ2v) is 6.55. The molecule has 0 unspecified atom stereocenters. The van der Waals surface area contributed by atoms with E-state index in [0.717, 1.165) is 22.2 Å². The van der Waals surface area contributed by atoms with Gasteiger partial charge in [-0.2, -0.15) is 0 Å². The standard InChI is InChI=1S/C24H19N3O2.CH4/c1-25-23(28)17-11-13-18(14-12-17)26-24(29)20-15-22(16-7-3-2-4-8-16)27-21-10-6-5-9-19(20)21;/h2-15H,1H3,(H,25,28)(H,26,29);1H4.